The maximum Gasteiger partial charge on any atom is 0.274 e. The van der Waals surface area contributed by atoms with Crippen LogP contribution in [0.3, 0.4) is 0 Å². The number of halogens is 1. The van der Waals surface area contributed by atoms with E-state index < -0.39 is 17.9 Å². The number of nitrogens with zero attached hydrogens (tertiary/aromatic N) is 6. The second-order valence-corrected chi connectivity index (χ2v) is 11.7. The van der Waals surface area contributed by atoms with E-state index in [-0.39, 0.29) is 43.8 Å². The summed E-state index contributed by atoms with van der Waals surface area (Å²) in [4.78, 5) is 51.1. The van der Waals surface area contributed by atoms with Crippen molar-refractivity contribution in [1.82, 2.24) is 39.7 Å². The average molecular weight is 641 g/mol. The van der Waals surface area contributed by atoms with Gasteiger partial charge >= 0.3 is 0 Å². The maximum absolute atomic E-state index is 13.8. The zero-order chi connectivity index (χ0) is 32.2. The van der Waals surface area contributed by atoms with E-state index >= 15 is 0 Å². The molecule has 1 aliphatic rings. The van der Waals surface area contributed by atoms with Gasteiger partial charge in [-0.25, -0.2) is 14.6 Å². The van der Waals surface area contributed by atoms with Crippen molar-refractivity contribution in [3.63, 3.8) is 0 Å². The Kier molecular flexibility index (Phi) is 8.97. The van der Waals surface area contributed by atoms with Gasteiger partial charge < -0.3 is 24.7 Å². The molecule has 236 valence electrons. The quantitative estimate of drug-likeness (QED) is 0.304. The Morgan fingerprint density at radius 1 is 0.978 bits per heavy atom. The van der Waals surface area contributed by atoms with Gasteiger partial charge in [0.05, 0.1) is 24.2 Å². The zero-order valence-corrected chi connectivity index (χ0v) is 26.1. The minimum absolute atomic E-state index is 0.0590. The van der Waals surface area contributed by atoms with Gasteiger partial charge in [0, 0.05) is 36.6 Å². The Labute approximate surface area is 270 Å². The van der Waals surface area contributed by atoms with Gasteiger partial charge in [0.1, 0.15) is 23.7 Å². The normalized spacial score (nSPS) is 16.3. The van der Waals surface area contributed by atoms with Gasteiger partial charge in [-0.15, -0.1) is 0 Å². The molecule has 2 aromatic carbocycles. The number of amides is 3. The van der Waals surface area contributed by atoms with E-state index in [1.54, 1.807) is 57.9 Å². The van der Waals surface area contributed by atoms with Gasteiger partial charge in [0.25, 0.3) is 11.8 Å². The standard InChI is InChI=1S/C33H33ClN8O4/c1-21(2)29-31-38-30(22-7-4-3-5-8-22)39-42(31)15-16-46-25-10-6-9-23(17-25)32(44)35-13-14-40(20-28(43)37-29)33(45)26-19-41-18-24(34)11-12-27(41)36-26/h3-12,17-19,21,29H,13-16,20H2,1-2H3,(H,35,44)(H,37,43)/t29-/m0/s1. The topological polar surface area (TPSA) is 136 Å². The van der Waals surface area contributed by atoms with Crippen LogP contribution in [-0.4, -0.2) is 73.0 Å². The minimum atomic E-state index is -0.523. The van der Waals surface area contributed by atoms with Gasteiger partial charge in [0.15, 0.2) is 11.6 Å². The lowest BCUT2D eigenvalue weighted by Crippen LogP contribution is -2.46. The Hall–Kier alpha value is -5.23. The molecule has 0 saturated carbocycles. The molecule has 2 N–H and O–H groups in total. The summed E-state index contributed by atoms with van der Waals surface area (Å²) in [6, 6.07) is 19.3. The fourth-order valence-electron chi connectivity index (χ4n) is 5.25. The van der Waals surface area contributed by atoms with Gasteiger partial charge in [-0.1, -0.05) is 61.8 Å². The summed E-state index contributed by atoms with van der Waals surface area (Å²) in [6.45, 7) is 4.45. The summed E-state index contributed by atoms with van der Waals surface area (Å²) in [5, 5.41) is 11.2. The number of benzene rings is 2. The molecule has 0 aliphatic carbocycles. The van der Waals surface area contributed by atoms with E-state index in [2.05, 4.69) is 15.6 Å². The molecule has 0 spiro atoms. The molecular formula is C33H33ClN8O4. The highest BCUT2D eigenvalue weighted by molar-refractivity contribution is 6.30. The molecule has 0 radical (unpaired) electrons. The van der Waals surface area contributed by atoms with E-state index in [1.165, 1.54) is 4.90 Å². The number of ether oxygens (including phenoxy) is 1. The molecule has 3 aromatic heterocycles. The Morgan fingerprint density at radius 2 is 1.78 bits per heavy atom. The van der Waals surface area contributed by atoms with Crippen molar-refractivity contribution >= 4 is 35.0 Å². The third kappa shape index (κ3) is 6.86. The molecule has 2 bridgehead atoms. The van der Waals surface area contributed by atoms with Gasteiger partial charge in [0.2, 0.25) is 5.91 Å². The van der Waals surface area contributed by atoms with Crippen molar-refractivity contribution in [2.45, 2.75) is 26.4 Å². The summed E-state index contributed by atoms with van der Waals surface area (Å²) in [6.07, 6.45) is 3.22. The third-order valence-electron chi connectivity index (χ3n) is 7.58. The van der Waals surface area contributed by atoms with Gasteiger partial charge in [-0.3, -0.25) is 14.4 Å². The SMILES string of the molecule is CC(C)[C@@H]1NC(=O)CN(C(=O)c2cn3cc(Cl)ccc3n2)CCNC(=O)c2cccc(c2)OCCn2nc(-c3ccccc3)nc21. The predicted octanol–water partition coefficient (Wildman–Crippen LogP) is 4.02. The average Bonchev–Trinajstić information content (AvgIpc) is 3.67. The van der Waals surface area contributed by atoms with Crippen LogP contribution in [0, 0.1) is 5.92 Å². The summed E-state index contributed by atoms with van der Waals surface area (Å²) in [7, 11) is 0. The Balaban J connectivity index is 1.35. The number of fused-ring (bicyclic) bond motifs is 4. The first-order chi connectivity index (χ1) is 22.2. The van der Waals surface area contributed by atoms with Crippen molar-refractivity contribution in [2.75, 3.05) is 26.2 Å². The molecule has 1 atom stereocenters. The maximum atomic E-state index is 13.8. The van der Waals surface area contributed by atoms with Crippen molar-refractivity contribution in [1.29, 1.82) is 0 Å². The van der Waals surface area contributed by atoms with Crippen molar-refractivity contribution in [2.24, 2.45) is 5.92 Å². The lowest BCUT2D eigenvalue weighted by Gasteiger charge is -2.25. The Bertz CT molecular complexity index is 1890. The molecule has 4 heterocycles. The van der Waals surface area contributed by atoms with Crippen LogP contribution in [0.5, 0.6) is 5.75 Å². The lowest BCUT2D eigenvalue weighted by atomic mass is 10.0. The molecule has 1 aliphatic heterocycles. The highest BCUT2D eigenvalue weighted by Crippen LogP contribution is 2.25. The predicted molar refractivity (Wildman–Crippen MR) is 172 cm³/mol. The second kappa shape index (κ2) is 13.4. The first-order valence-corrected chi connectivity index (χ1v) is 15.4. The number of carbonyl (C=O) groups excluding carboxylic acids is 3. The first-order valence-electron chi connectivity index (χ1n) is 15.0. The summed E-state index contributed by atoms with van der Waals surface area (Å²) in [5.41, 5.74) is 1.92. The Morgan fingerprint density at radius 3 is 2.59 bits per heavy atom. The highest BCUT2D eigenvalue weighted by atomic mass is 35.5. The molecule has 0 unspecified atom stereocenters. The second-order valence-electron chi connectivity index (χ2n) is 11.3. The minimum Gasteiger partial charge on any atom is -0.492 e. The lowest BCUT2D eigenvalue weighted by molar-refractivity contribution is -0.123. The fraction of sp³-hybridized carbons (Fsp3) is 0.273. The molecule has 46 heavy (non-hydrogen) atoms. The largest absolute Gasteiger partial charge is 0.492 e. The molecule has 0 fully saturated rings. The van der Waals surface area contributed by atoms with E-state index in [9.17, 15) is 14.4 Å². The number of imidazole rings is 1. The van der Waals surface area contributed by atoms with E-state index in [0.29, 0.717) is 40.2 Å². The first kappa shape index (κ1) is 30.8. The van der Waals surface area contributed by atoms with Gasteiger partial charge in [-0.05, 0) is 36.2 Å². The smallest absolute Gasteiger partial charge is 0.274 e. The summed E-state index contributed by atoms with van der Waals surface area (Å²) >= 11 is 6.13. The van der Waals surface area contributed by atoms with E-state index in [1.807, 2.05) is 44.2 Å². The van der Waals surface area contributed by atoms with Crippen LogP contribution in [-0.2, 0) is 11.3 Å². The number of hydrogen-bond acceptors (Lipinski definition) is 7. The number of aromatic nitrogens is 5. The van der Waals surface area contributed by atoms with Crippen LogP contribution in [0.2, 0.25) is 5.02 Å². The third-order valence-corrected chi connectivity index (χ3v) is 7.81. The van der Waals surface area contributed by atoms with E-state index in [4.69, 9.17) is 26.4 Å². The van der Waals surface area contributed by atoms with Crippen LogP contribution >= 0.6 is 11.6 Å². The molecule has 13 heteroatoms. The monoisotopic (exact) mass is 640 g/mol. The molecule has 0 saturated heterocycles. The van der Waals surface area contributed by atoms with Crippen LogP contribution in [0.1, 0.15) is 46.6 Å². The number of carbonyl (C=O) groups is 3. The molecular weight excluding hydrogens is 608 g/mol. The van der Waals surface area contributed by atoms with Crippen molar-refractivity contribution in [3.05, 3.63) is 101 Å². The number of rotatable bonds is 3. The fourth-order valence-corrected chi connectivity index (χ4v) is 5.41. The number of nitrogens with one attached hydrogen (secondary N) is 2. The van der Waals surface area contributed by atoms with Crippen molar-refractivity contribution in [3.8, 4) is 17.1 Å². The zero-order valence-electron chi connectivity index (χ0n) is 25.4. The van der Waals surface area contributed by atoms with Crippen LogP contribution < -0.4 is 15.4 Å². The summed E-state index contributed by atoms with van der Waals surface area (Å²) in [5.74, 6) is 0.352. The number of pyridine rings is 1. The van der Waals surface area contributed by atoms with E-state index in [0.717, 1.165) is 5.56 Å². The molecule has 12 nitrogen and oxygen atoms in total. The number of hydrogen-bond donors (Lipinski definition) is 2. The molecule has 6 rings (SSSR count). The van der Waals surface area contributed by atoms with Gasteiger partial charge in [-0.2, -0.15) is 5.10 Å². The highest BCUT2D eigenvalue weighted by Gasteiger charge is 2.28. The molecule has 3 amide bonds. The molecule has 5 aromatic rings. The summed E-state index contributed by atoms with van der Waals surface area (Å²) < 4.78 is 9.41. The van der Waals surface area contributed by atoms with Crippen LogP contribution in [0.15, 0.2) is 79.1 Å². The van der Waals surface area contributed by atoms with Crippen LogP contribution in [0.25, 0.3) is 17.0 Å². The van der Waals surface area contributed by atoms with Crippen molar-refractivity contribution < 1.29 is 19.1 Å². The van der Waals surface area contributed by atoms with Crippen LogP contribution in [0.4, 0.5) is 0 Å².